The van der Waals surface area contributed by atoms with Gasteiger partial charge in [-0.3, -0.25) is 10.2 Å². The van der Waals surface area contributed by atoms with Gasteiger partial charge in [0, 0.05) is 12.4 Å². The summed E-state index contributed by atoms with van der Waals surface area (Å²) in [6.07, 6.45) is 3.29. The highest BCUT2D eigenvalue weighted by Crippen LogP contribution is 2.10. The molecule has 0 radical (unpaired) electrons. The van der Waals surface area contributed by atoms with Crippen molar-refractivity contribution < 1.29 is 0 Å². The van der Waals surface area contributed by atoms with Gasteiger partial charge in [-0.2, -0.15) is 4.98 Å². The lowest BCUT2D eigenvalue weighted by Gasteiger charge is -1.92. The first-order valence-electron chi connectivity index (χ1n) is 3.38. The molecule has 2 N–H and O–H groups in total. The molecule has 2 heterocycles. The van der Waals surface area contributed by atoms with Crippen molar-refractivity contribution >= 4 is 28.1 Å². The lowest BCUT2D eigenvalue weighted by molar-refractivity contribution is 1.05. The lowest BCUT2D eigenvalue weighted by atomic mass is 10.5. The molecule has 2 aromatic rings. The van der Waals surface area contributed by atoms with Crippen molar-refractivity contribution in [3.8, 4) is 11.6 Å². The Bertz CT molecular complexity index is 458. The monoisotopic (exact) mass is 257 g/mol. The van der Waals surface area contributed by atoms with Crippen LogP contribution in [0.1, 0.15) is 0 Å². The molecule has 0 fully saturated rings. The Hall–Kier alpha value is -1.08. The predicted molar refractivity (Wildman–Crippen MR) is 52.5 cm³/mol. The van der Waals surface area contributed by atoms with E-state index in [1.54, 1.807) is 12.4 Å². The van der Waals surface area contributed by atoms with Gasteiger partial charge in [0.05, 0.1) is 4.47 Å². The van der Waals surface area contributed by atoms with Gasteiger partial charge in [0.15, 0.2) is 11.6 Å². The molecular formula is C6H4BrN5S. The summed E-state index contributed by atoms with van der Waals surface area (Å²) in [5.74, 6) is 1.05. The largest absolute Gasteiger partial charge is 0.279 e. The Balaban J connectivity index is 2.47. The number of aromatic nitrogens is 5. The van der Waals surface area contributed by atoms with Crippen molar-refractivity contribution in [3.63, 3.8) is 0 Å². The van der Waals surface area contributed by atoms with Crippen LogP contribution in [0.25, 0.3) is 11.6 Å². The van der Waals surface area contributed by atoms with Crippen molar-refractivity contribution in [3.05, 3.63) is 21.6 Å². The van der Waals surface area contributed by atoms with E-state index in [2.05, 4.69) is 41.1 Å². The number of halogens is 1. The highest BCUT2D eigenvalue weighted by atomic mass is 79.9. The van der Waals surface area contributed by atoms with Crippen LogP contribution in [-0.4, -0.2) is 25.1 Å². The zero-order valence-electron chi connectivity index (χ0n) is 6.28. The van der Waals surface area contributed by atoms with Crippen LogP contribution >= 0.6 is 28.1 Å². The second kappa shape index (κ2) is 3.35. The second-order valence-electron chi connectivity index (χ2n) is 2.24. The van der Waals surface area contributed by atoms with Gasteiger partial charge in [-0.05, 0) is 28.1 Å². The first-order chi connectivity index (χ1) is 6.25. The fourth-order valence-electron chi connectivity index (χ4n) is 0.811. The van der Waals surface area contributed by atoms with Gasteiger partial charge < -0.3 is 0 Å². The van der Waals surface area contributed by atoms with E-state index in [4.69, 9.17) is 12.2 Å². The maximum Gasteiger partial charge on any atom is 0.213 e. The van der Waals surface area contributed by atoms with E-state index in [-0.39, 0.29) is 0 Å². The van der Waals surface area contributed by atoms with Gasteiger partial charge in [0.1, 0.15) is 0 Å². The number of hydrogen-bond donors (Lipinski definition) is 2. The minimum absolute atomic E-state index is 0.390. The molecule has 13 heavy (non-hydrogen) atoms. The predicted octanol–water partition coefficient (Wildman–Crippen LogP) is 1.69. The molecule has 2 aromatic heterocycles. The van der Waals surface area contributed by atoms with E-state index in [1.165, 1.54) is 0 Å². The third-order valence-corrected chi connectivity index (χ3v) is 1.94. The van der Waals surface area contributed by atoms with Gasteiger partial charge in [0.2, 0.25) is 4.77 Å². The van der Waals surface area contributed by atoms with Gasteiger partial charge in [-0.25, -0.2) is 9.97 Å². The highest BCUT2D eigenvalue weighted by molar-refractivity contribution is 9.10. The average molecular weight is 258 g/mol. The molecule has 5 nitrogen and oxygen atoms in total. The van der Waals surface area contributed by atoms with Crippen LogP contribution in [0.2, 0.25) is 0 Å². The maximum absolute atomic E-state index is 4.80. The summed E-state index contributed by atoms with van der Waals surface area (Å²) >= 11 is 8.04. The molecule has 0 amide bonds. The molecular weight excluding hydrogens is 254 g/mol. The van der Waals surface area contributed by atoms with Crippen LogP contribution in [0.3, 0.4) is 0 Å². The Kier molecular flexibility index (Phi) is 2.19. The van der Waals surface area contributed by atoms with E-state index in [0.29, 0.717) is 16.4 Å². The third kappa shape index (κ3) is 1.81. The number of H-pyrrole nitrogens is 2. The Morgan fingerprint density at radius 3 is 2.46 bits per heavy atom. The van der Waals surface area contributed by atoms with E-state index >= 15 is 0 Å². The number of hydrogen-bond acceptors (Lipinski definition) is 4. The number of nitrogens with one attached hydrogen (secondary N) is 2. The molecule has 7 heteroatoms. The first-order valence-corrected chi connectivity index (χ1v) is 4.58. The van der Waals surface area contributed by atoms with Crippen LogP contribution in [0.4, 0.5) is 0 Å². The second-order valence-corrected chi connectivity index (χ2v) is 3.54. The maximum atomic E-state index is 4.80. The molecule has 0 spiro atoms. The van der Waals surface area contributed by atoms with Crippen molar-refractivity contribution in [2.45, 2.75) is 0 Å². The smallest absolute Gasteiger partial charge is 0.213 e. The SMILES string of the molecule is S=c1nc(-c2ncc(Br)cn2)[nH][nH]1. The third-order valence-electron chi connectivity index (χ3n) is 1.33. The summed E-state index contributed by atoms with van der Waals surface area (Å²) in [7, 11) is 0. The molecule has 0 saturated heterocycles. The van der Waals surface area contributed by atoms with Crippen molar-refractivity contribution in [1.29, 1.82) is 0 Å². The summed E-state index contributed by atoms with van der Waals surface area (Å²) in [6, 6.07) is 0. The summed E-state index contributed by atoms with van der Waals surface area (Å²) in [5.41, 5.74) is 0. The Morgan fingerprint density at radius 2 is 1.92 bits per heavy atom. The van der Waals surface area contributed by atoms with Crippen molar-refractivity contribution in [1.82, 2.24) is 25.1 Å². The Morgan fingerprint density at radius 1 is 1.23 bits per heavy atom. The average Bonchev–Trinajstić information content (AvgIpc) is 2.53. The molecule has 0 aliphatic rings. The fourth-order valence-corrected chi connectivity index (χ4v) is 1.16. The van der Waals surface area contributed by atoms with E-state index in [0.717, 1.165) is 4.47 Å². The fraction of sp³-hybridized carbons (Fsp3) is 0. The molecule has 0 unspecified atom stereocenters. The van der Waals surface area contributed by atoms with E-state index < -0.39 is 0 Å². The molecule has 0 aliphatic heterocycles. The molecule has 0 aromatic carbocycles. The summed E-state index contributed by atoms with van der Waals surface area (Å²) in [6.45, 7) is 0. The zero-order chi connectivity index (χ0) is 9.26. The molecule has 0 saturated carbocycles. The van der Waals surface area contributed by atoms with Crippen LogP contribution in [0, 0.1) is 4.77 Å². The minimum Gasteiger partial charge on any atom is -0.279 e. The van der Waals surface area contributed by atoms with Crippen LogP contribution in [0.5, 0.6) is 0 Å². The van der Waals surface area contributed by atoms with Crippen LogP contribution < -0.4 is 0 Å². The zero-order valence-corrected chi connectivity index (χ0v) is 8.69. The highest BCUT2D eigenvalue weighted by Gasteiger charge is 2.02. The molecule has 2 rings (SSSR count). The van der Waals surface area contributed by atoms with Crippen molar-refractivity contribution in [2.24, 2.45) is 0 Å². The van der Waals surface area contributed by atoms with Gasteiger partial charge in [-0.15, -0.1) is 0 Å². The van der Waals surface area contributed by atoms with E-state index in [1.807, 2.05) is 0 Å². The van der Waals surface area contributed by atoms with Crippen LogP contribution in [-0.2, 0) is 0 Å². The standard InChI is InChI=1S/C6H4BrN5S/c7-3-1-8-4(9-2-3)5-10-6(13)12-11-5/h1-2H,(H2,10,11,12,13). The van der Waals surface area contributed by atoms with Crippen LogP contribution in [0.15, 0.2) is 16.9 Å². The molecule has 0 aliphatic carbocycles. The first kappa shape index (κ1) is 8.52. The summed E-state index contributed by atoms with van der Waals surface area (Å²) < 4.78 is 1.21. The summed E-state index contributed by atoms with van der Waals surface area (Å²) in [5, 5.41) is 5.43. The summed E-state index contributed by atoms with van der Waals surface area (Å²) in [4.78, 5) is 12.1. The molecule has 66 valence electrons. The Labute approximate surface area is 86.8 Å². The minimum atomic E-state index is 0.390. The number of nitrogens with zero attached hydrogens (tertiary/aromatic N) is 3. The molecule has 0 bridgehead atoms. The van der Waals surface area contributed by atoms with E-state index in [9.17, 15) is 0 Å². The van der Waals surface area contributed by atoms with Gasteiger partial charge in [-0.1, -0.05) is 0 Å². The lowest BCUT2D eigenvalue weighted by Crippen LogP contribution is -1.89. The molecule has 0 atom stereocenters. The van der Waals surface area contributed by atoms with Gasteiger partial charge in [0.25, 0.3) is 0 Å². The normalized spacial score (nSPS) is 10.2. The van der Waals surface area contributed by atoms with Gasteiger partial charge >= 0.3 is 0 Å². The number of rotatable bonds is 1. The quantitative estimate of drug-likeness (QED) is 0.763. The number of aromatic amines is 2. The topological polar surface area (TPSA) is 70.2 Å². The van der Waals surface area contributed by atoms with Crippen molar-refractivity contribution in [2.75, 3.05) is 0 Å².